The van der Waals surface area contributed by atoms with Crippen LogP contribution in [0.5, 0.6) is 5.75 Å². The Morgan fingerprint density at radius 3 is 1.65 bits per heavy atom. The van der Waals surface area contributed by atoms with Crippen molar-refractivity contribution in [3.8, 4) is 5.75 Å². The van der Waals surface area contributed by atoms with Crippen molar-refractivity contribution in [2.45, 2.75) is 34.1 Å². The lowest BCUT2D eigenvalue weighted by Gasteiger charge is -2.03. The average Bonchev–Trinajstić information content (AvgIpc) is 2.85. The molecule has 0 fully saturated rings. The van der Waals surface area contributed by atoms with Crippen molar-refractivity contribution in [2.24, 2.45) is 0 Å². The van der Waals surface area contributed by atoms with E-state index in [0.717, 1.165) is 33.9 Å². The number of phenols is 1. The summed E-state index contributed by atoms with van der Waals surface area (Å²) in [7, 11) is 0. The Bertz CT molecular complexity index is 1170. The van der Waals surface area contributed by atoms with Crippen LogP contribution < -0.4 is 5.32 Å². The Balaban J connectivity index is 2.45. The number of carbonyl (C=O) groups is 2. The molecule has 0 aliphatic rings. The third-order valence-electron chi connectivity index (χ3n) is 4.90. The second kappa shape index (κ2) is 18.0. The molecule has 0 heterocycles. The number of nitrogens with one attached hydrogen (secondary N) is 1. The molecule has 0 aliphatic carbocycles. The van der Waals surface area contributed by atoms with Crippen LogP contribution in [0.3, 0.4) is 0 Å². The number of phenolic OH excluding ortho intramolecular Hbond substituents is 1. The van der Waals surface area contributed by atoms with Crippen molar-refractivity contribution >= 4 is 11.9 Å². The number of aromatic hydroxyl groups is 1. The molecule has 0 aromatic heterocycles. The van der Waals surface area contributed by atoms with Crippen LogP contribution in [0, 0.1) is 0 Å². The van der Waals surface area contributed by atoms with Crippen molar-refractivity contribution < 1.29 is 19.8 Å². The van der Waals surface area contributed by atoms with Crippen LogP contribution in [-0.4, -0.2) is 28.6 Å². The van der Waals surface area contributed by atoms with Gasteiger partial charge in [0.15, 0.2) is 0 Å². The highest BCUT2D eigenvalue weighted by atomic mass is 16.4. The van der Waals surface area contributed by atoms with Gasteiger partial charge in [-0.1, -0.05) is 107 Å². The summed E-state index contributed by atoms with van der Waals surface area (Å²) in [5.41, 5.74) is 5.02. The van der Waals surface area contributed by atoms with E-state index in [9.17, 15) is 14.7 Å². The van der Waals surface area contributed by atoms with E-state index in [2.05, 4.69) is 5.32 Å². The lowest BCUT2D eigenvalue weighted by molar-refractivity contribution is -0.131. The van der Waals surface area contributed by atoms with Crippen molar-refractivity contribution in [2.75, 3.05) is 6.54 Å². The second-order valence-electron chi connectivity index (χ2n) is 8.46. The number of rotatable bonds is 13. The van der Waals surface area contributed by atoms with Crippen molar-refractivity contribution in [3.05, 3.63) is 137 Å². The van der Waals surface area contributed by atoms with E-state index in [0.29, 0.717) is 13.0 Å². The number of aliphatic carboxylic acids is 1. The lowest BCUT2D eigenvalue weighted by Crippen LogP contribution is -2.23. The number of allylic oxidation sites excluding steroid dienone is 16. The van der Waals surface area contributed by atoms with E-state index in [1.165, 1.54) is 6.08 Å². The van der Waals surface area contributed by atoms with Gasteiger partial charge < -0.3 is 15.5 Å². The number of carbonyl (C=O) groups excluding carboxylic acids is 1. The van der Waals surface area contributed by atoms with Crippen LogP contribution in [0.15, 0.2) is 132 Å². The summed E-state index contributed by atoms with van der Waals surface area (Å²) in [6.07, 6.45) is 26.2. The quantitative estimate of drug-likeness (QED) is 0.208. The molecular weight excluding hydrogens is 462 g/mol. The fourth-order valence-corrected chi connectivity index (χ4v) is 2.80. The van der Waals surface area contributed by atoms with Gasteiger partial charge in [-0.25, -0.2) is 4.79 Å². The third-order valence-corrected chi connectivity index (χ3v) is 4.90. The number of carboxylic acid groups (broad SMARTS) is 1. The molecule has 0 saturated carbocycles. The Hall–Kier alpha value is -4.38. The first-order valence-electron chi connectivity index (χ1n) is 12.0. The zero-order valence-electron chi connectivity index (χ0n) is 22.0. The van der Waals surface area contributed by atoms with Crippen molar-refractivity contribution in [1.29, 1.82) is 0 Å². The molecule has 1 rings (SSSR count). The van der Waals surface area contributed by atoms with E-state index < -0.39 is 5.97 Å². The van der Waals surface area contributed by atoms with Gasteiger partial charge in [-0.2, -0.15) is 0 Å². The summed E-state index contributed by atoms with van der Waals surface area (Å²) < 4.78 is 0. The molecule has 0 bridgehead atoms. The highest BCUT2D eigenvalue weighted by Crippen LogP contribution is 2.09. The summed E-state index contributed by atoms with van der Waals surface area (Å²) in [5.74, 6) is -0.869. The highest BCUT2D eigenvalue weighted by Gasteiger charge is 1.97. The minimum absolute atomic E-state index is 0.143. The van der Waals surface area contributed by atoms with Crippen LogP contribution >= 0.6 is 0 Å². The van der Waals surface area contributed by atoms with Crippen LogP contribution in [0.25, 0.3) is 0 Å². The number of carboxylic acids is 1. The average molecular weight is 500 g/mol. The topological polar surface area (TPSA) is 86.6 Å². The summed E-state index contributed by atoms with van der Waals surface area (Å²) in [4.78, 5) is 22.5. The maximum absolute atomic E-state index is 12.0. The summed E-state index contributed by atoms with van der Waals surface area (Å²) in [5, 5.41) is 20.8. The molecule has 5 heteroatoms. The van der Waals surface area contributed by atoms with E-state index in [1.54, 1.807) is 24.3 Å². The van der Waals surface area contributed by atoms with Gasteiger partial charge in [0.1, 0.15) is 5.75 Å². The first kappa shape index (κ1) is 30.7. The van der Waals surface area contributed by atoms with Crippen molar-refractivity contribution in [1.82, 2.24) is 5.32 Å². The molecule has 5 nitrogen and oxygen atoms in total. The first-order valence-corrected chi connectivity index (χ1v) is 12.0. The van der Waals surface area contributed by atoms with Crippen LogP contribution in [0.4, 0.5) is 0 Å². The number of benzene rings is 1. The van der Waals surface area contributed by atoms with E-state index >= 15 is 0 Å². The molecular formula is C32H37NO4. The molecule has 3 N–H and O–H groups in total. The minimum Gasteiger partial charge on any atom is -0.508 e. The van der Waals surface area contributed by atoms with Gasteiger partial charge in [-0.15, -0.1) is 0 Å². The SMILES string of the molecule is CC(=C/C=C/C(C)=C/C=C/C=C(C)/C=C/C=C(C)/C=C/C(=O)NCCc1ccc(O)cc1)/C=C/C(=O)O. The zero-order valence-corrected chi connectivity index (χ0v) is 22.0. The maximum atomic E-state index is 12.0. The molecule has 194 valence electrons. The molecule has 1 amide bonds. The van der Waals surface area contributed by atoms with Crippen LogP contribution in [0.2, 0.25) is 0 Å². The van der Waals surface area contributed by atoms with Crippen molar-refractivity contribution in [3.63, 3.8) is 0 Å². The zero-order chi connectivity index (χ0) is 27.5. The Morgan fingerprint density at radius 2 is 1.14 bits per heavy atom. The molecule has 0 saturated heterocycles. The smallest absolute Gasteiger partial charge is 0.328 e. The largest absolute Gasteiger partial charge is 0.508 e. The molecule has 37 heavy (non-hydrogen) atoms. The minimum atomic E-state index is -0.960. The van der Waals surface area contributed by atoms with Gasteiger partial charge in [0.05, 0.1) is 0 Å². The fraction of sp³-hybridized carbons (Fsp3) is 0.188. The van der Waals surface area contributed by atoms with Crippen LogP contribution in [0.1, 0.15) is 33.3 Å². The van der Waals surface area contributed by atoms with E-state index in [1.807, 2.05) is 101 Å². The standard InChI is InChI=1S/C32H37NO4/c1-25(9-5-6-10-26(2)12-8-14-28(4)16-22-32(36)37)11-7-13-27(3)15-21-31(35)33-24-23-29-17-19-30(34)20-18-29/h5-22,34H,23-24H2,1-4H3,(H,33,35)(H,36,37)/b6-5+,11-7+,12-8+,21-15+,22-16+,25-9+,26-10+,27-13+,28-14-. The third kappa shape index (κ3) is 16.8. The Morgan fingerprint density at radius 1 is 0.676 bits per heavy atom. The molecule has 1 aromatic carbocycles. The van der Waals surface area contributed by atoms with Gasteiger partial charge in [-0.3, -0.25) is 4.79 Å². The number of hydrogen-bond acceptors (Lipinski definition) is 3. The molecule has 1 aromatic rings. The molecule has 0 atom stereocenters. The van der Waals surface area contributed by atoms with E-state index in [4.69, 9.17) is 5.11 Å². The van der Waals surface area contributed by atoms with Crippen LogP contribution in [-0.2, 0) is 16.0 Å². The number of amides is 1. The predicted molar refractivity (Wildman–Crippen MR) is 153 cm³/mol. The highest BCUT2D eigenvalue weighted by molar-refractivity contribution is 5.87. The molecule has 0 aliphatic heterocycles. The molecule has 0 spiro atoms. The predicted octanol–water partition coefficient (Wildman–Crippen LogP) is 6.70. The van der Waals surface area contributed by atoms with Gasteiger partial charge in [0, 0.05) is 18.7 Å². The maximum Gasteiger partial charge on any atom is 0.328 e. The normalized spacial score (nSPS) is 14.2. The lowest BCUT2D eigenvalue weighted by atomic mass is 10.1. The van der Waals surface area contributed by atoms with Gasteiger partial charge >= 0.3 is 5.97 Å². The first-order chi connectivity index (χ1) is 17.7. The van der Waals surface area contributed by atoms with Gasteiger partial charge in [0.2, 0.25) is 5.91 Å². The summed E-state index contributed by atoms with van der Waals surface area (Å²) in [6.45, 7) is 8.31. The monoisotopic (exact) mass is 499 g/mol. The van der Waals surface area contributed by atoms with Gasteiger partial charge in [0.25, 0.3) is 0 Å². The summed E-state index contributed by atoms with van der Waals surface area (Å²) in [6, 6.07) is 6.95. The Kier molecular flexibility index (Phi) is 14.9. The summed E-state index contributed by atoms with van der Waals surface area (Å²) >= 11 is 0. The van der Waals surface area contributed by atoms with Gasteiger partial charge in [-0.05, 0) is 51.8 Å². The molecule has 0 radical (unpaired) electrons. The Labute approximate surface area is 220 Å². The second-order valence-corrected chi connectivity index (χ2v) is 8.46. The van der Waals surface area contributed by atoms with E-state index in [-0.39, 0.29) is 11.7 Å². The fourth-order valence-electron chi connectivity index (χ4n) is 2.80. The molecule has 0 unspecified atom stereocenters. The number of hydrogen-bond donors (Lipinski definition) is 3.